The highest BCUT2D eigenvalue weighted by molar-refractivity contribution is 6.07. The van der Waals surface area contributed by atoms with Crippen molar-refractivity contribution in [2.45, 2.75) is 45.6 Å². The first-order valence-electron chi connectivity index (χ1n) is 7.06. The number of nitrogens with zero attached hydrogens (tertiary/aromatic N) is 1. The van der Waals surface area contributed by atoms with Crippen LogP contribution >= 0.6 is 0 Å². The molecular formula is C16H22N2O2. The van der Waals surface area contributed by atoms with Gasteiger partial charge in [-0.1, -0.05) is 19.1 Å². The molecule has 1 aliphatic rings. The van der Waals surface area contributed by atoms with Crippen LogP contribution in [0, 0.1) is 0 Å². The maximum Gasteiger partial charge on any atom is 0.236 e. The van der Waals surface area contributed by atoms with Gasteiger partial charge in [-0.25, -0.2) is 0 Å². The van der Waals surface area contributed by atoms with Crippen molar-refractivity contribution < 1.29 is 9.59 Å². The molecule has 20 heavy (non-hydrogen) atoms. The highest BCUT2D eigenvalue weighted by atomic mass is 16.2. The molecule has 0 saturated carbocycles. The minimum absolute atomic E-state index is 0.0699. The number of amides is 2. The Labute approximate surface area is 120 Å². The number of hydrogen-bond donors (Lipinski definition) is 1. The number of likely N-dealkylation sites (N-methyl/N-ethyl adjacent to an activating group) is 1. The Morgan fingerprint density at radius 2 is 2.05 bits per heavy atom. The van der Waals surface area contributed by atoms with Crippen molar-refractivity contribution in [3.63, 3.8) is 0 Å². The molecule has 1 N–H and O–H groups in total. The van der Waals surface area contributed by atoms with Crippen LogP contribution in [0.3, 0.4) is 0 Å². The Bertz CT molecular complexity index is 549. The van der Waals surface area contributed by atoms with Gasteiger partial charge in [-0.05, 0) is 37.5 Å². The van der Waals surface area contributed by atoms with Crippen molar-refractivity contribution >= 4 is 17.5 Å². The van der Waals surface area contributed by atoms with Gasteiger partial charge in [-0.3, -0.25) is 9.59 Å². The van der Waals surface area contributed by atoms with Crippen molar-refractivity contribution in [2.24, 2.45) is 0 Å². The highest BCUT2D eigenvalue weighted by Gasteiger charge is 2.42. The van der Waals surface area contributed by atoms with Crippen molar-refractivity contribution in [2.75, 3.05) is 11.9 Å². The van der Waals surface area contributed by atoms with Crippen LogP contribution in [0.25, 0.3) is 0 Å². The number of carbonyl (C=O) groups excluding carboxylic acids is 2. The van der Waals surface area contributed by atoms with Gasteiger partial charge in [0.1, 0.15) is 0 Å². The number of fused-ring (bicyclic) bond motifs is 1. The predicted molar refractivity (Wildman–Crippen MR) is 79.6 cm³/mol. The lowest BCUT2D eigenvalue weighted by molar-refractivity contribution is -0.122. The lowest BCUT2D eigenvalue weighted by Gasteiger charge is -2.16. The van der Waals surface area contributed by atoms with E-state index in [1.807, 2.05) is 39.0 Å². The summed E-state index contributed by atoms with van der Waals surface area (Å²) in [5.41, 5.74) is 2.54. The molecule has 108 valence electrons. The minimum atomic E-state index is -0.493. The van der Waals surface area contributed by atoms with Gasteiger partial charge in [0.2, 0.25) is 11.8 Å². The molecule has 0 aliphatic carbocycles. The lowest BCUT2D eigenvalue weighted by Crippen LogP contribution is -2.33. The molecule has 1 heterocycles. The molecule has 0 radical (unpaired) electrons. The normalized spacial score (nSPS) is 16.2. The molecule has 0 spiro atoms. The van der Waals surface area contributed by atoms with Crippen LogP contribution in [0.2, 0.25) is 0 Å². The molecule has 0 saturated heterocycles. The number of nitrogens with one attached hydrogen (secondary N) is 1. The van der Waals surface area contributed by atoms with Gasteiger partial charge in [0.05, 0.1) is 5.41 Å². The van der Waals surface area contributed by atoms with Crippen LogP contribution in [-0.4, -0.2) is 18.9 Å². The summed E-state index contributed by atoms with van der Waals surface area (Å²) >= 11 is 0. The minimum Gasteiger partial charge on any atom is -0.352 e. The molecular weight excluding hydrogens is 252 g/mol. The number of carbonyl (C=O) groups is 2. The second kappa shape index (κ2) is 5.27. The number of benzene rings is 1. The molecule has 4 heteroatoms. The molecule has 1 aromatic carbocycles. The first-order valence-corrected chi connectivity index (χ1v) is 7.06. The maximum atomic E-state index is 12.2. The zero-order valence-electron chi connectivity index (χ0n) is 12.6. The standard InChI is InChI=1S/C16H22N2O2/c1-5-6-14(19)17-10-11-7-8-13-12(9-11)16(2,3)15(20)18(13)4/h7-9H,5-6,10H2,1-4H3,(H,17,19). The summed E-state index contributed by atoms with van der Waals surface area (Å²) in [6.07, 6.45) is 1.40. The summed E-state index contributed by atoms with van der Waals surface area (Å²) in [6, 6.07) is 5.96. The fourth-order valence-corrected chi connectivity index (χ4v) is 2.65. The fraction of sp³-hybridized carbons (Fsp3) is 0.500. The fourth-order valence-electron chi connectivity index (χ4n) is 2.65. The largest absolute Gasteiger partial charge is 0.352 e. The van der Waals surface area contributed by atoms with E-state index in [-0.39, 0.29) is 11.8 Å². The summed E-state index contributed by atoms with van der Waals surface area (Å²) in [6.45, 7) is 6.38. The van der Waals surface area contributed by atoms with Crippen LogP contribution in [0.5, 0.6) is 0 Å². The van der Waals surface area contributed by atoms with Crippen molar-refractivity contribution in [3.05, 3.63) is 29.3 Å². The van der Waals surface area contributed by atoms with E-state index >= 15 is 0 Å². The van der Waals surface area contributed by atoms with Gasteiger partial charge < -0.3 is 10.2 Å². The number of hydrogen-bond acceptors (Lipinski definition) is 2. The van der Waals surface area contributed by atoms with Crippen LogP contribution in [0.1, 0.15) is 44.7 Å². The zero-order chi connectivity index (χ0) is 14.9. The van der Waals surface area contributed by atoms with Crippen molar-refractivity contribution in [3.8, 4) is 0 Å². The monoisotopic (exact) mass is 274 g/mol. The molecule has 2 amide bonds. The van der Waals surface area contributed by atoms with Gasteiger partial charge >= 0.3 is 0 Å². The van der Waals surface area contributed by atoms with Crippen LogP contribution in [-0.2, 0) is 21.5 Å². The second-order valence-electron chi connectivity index (χ2n) is 5.87. The predicted octanol–water partition coefficient (Wildman–Crippen LogP) is 2.36. The molecule has 0 bridgehead atoms. The Morgan fingerprint density at radius 1 is 1.35 bits per heavy atom. The summed E-state index contributed by atoms with van der Waals surface area (Å²) in [5.74, 6) is 0.181. The third-order valence-electron chi connectivity index (χ3n) is 3.90. The van der Waals surface area contributed by atoms with Crippen molar-refractivity contribution in [1.82, 2.24) is 5.32 Å². The first-order chi connectivity index (χ1) is 9.37. The zero-order valence-corrected chi connectivity index (χ0v) is 12.6. The van der Waals surface area contributed by atoms with Crippen LogP contribution in [0.4, 0.5) is 5.69 Å². The van der Waals surface area contributed by atoms with E-state index in [1.54, 1.807) is 11.9 Å². The lowest BCUT2D eigenvalue weighted by atomic mass is 9.85. The third kappa shape index (κ3) is 2.42. The van der Waals surface area contributed by atoms with E-state index in [9.17, 15) is 9.59 Å². The van der Waals surface area contributed by atoms with E-state index < -0.39 is 5.41 Å². The summed E-state index contributed by atoms with van der Waals surface area (Å²) < 4.78 is 0. The van der Waals surface area contributed by atoms with Gasteiger partial charge in [0.25, 0.3) is 0 Å². The average molecular weight is 274 g/mol. The molecule has 0 atom stereocenters. The van der Waals surface area contributed by atoms with E-state index in [0.29, 0.717) is 13.0 Å². The quantitative estimate of drug-likeness (QED) is 0.916. The summed E-state index contributed by atoms with van der Waals surface area (Å²) in [4.78, 5) is 25.4. The second-order valence-corrected chi connectivity index (χ2v) is 5.87. The van der Waals surface area contributed by atoms with Crippen LogP contribution in [0.15, 0.2) is 18.2 Å². The third-order valence-corrected chi connectivity index (χ3v) is 3.90. The van der Waals surface area contributed by atoms with Gasteiger partial charge in [0, 0.05) is 25.7 Å². The van der Waals surface area contributed by atoms with Gasteiger partial charge in [-0.15, -0.1) is 0 Å². The van der Waals surface area contributed by atoms with Crippen LogP contribution < -0.4 is 10.2 Å². The molecule has 1 aromatic rings. The average Bonchev–Trinajstić information content (AvgIpc) is 2.58. The SMILES string of the molecule is CCCC(=O)NCc1ccc2c(c1)C(C)(C)C(=O)N2C. The van der Waals surface area contributed by atoms with E-state index in [0.717, 1.165) is 23.2 Å². The number of rotatable bonds is 4. The molecule has 0 aromatic heterocycles. The highest BCUT2D eigenvalue weighted by Crippen LogP contribution is 2.40. The Kier molecular flexibility index (Phi) is 3.84. The van der Waals surface area contributed by atoms with E-state index in [4.69, 9.17) is 0 Å². The smallest absolute Gasteiger partial charge is 0.236 e. The van der Waals surface area contributed by atoms with Crippen molar-refractivity contribution in [1.29, 1.82) is 0 Å². The van der Waals surface area contributed by atoms with Gasteiger partial charge in [-0.2, -0.15) is 0 Å². The van der Waals surface area contributed by atoms with E-state index in [2.05, 4.69) is 5.32 Å². The molecule has 1 aliphatic heterocycles. The summed E-state index contributed by atoms with van der Waals surface area (Å²) in [7, 11) is 1.80. The molecule has 0 fully saturated rings. The Balaban J connectivity index is 2.19. The summed E-state index contributed by atoms with van der Waals surface area (Å²) in [5, 5.41) is 2.90. The Morgan fingerprint density at radius 3 is 2.70 bits per heavy atom. The van der Waals surface area contributed by atoms with E-state index in [1.165, 1.54) is 0 Å². The molecule has 0 unspecified atom stereocenters. The maximum absolute atomic E-state index is 12.2. The number of anilines is 1. The molecule has 4 nitrogen and oxygen atoms in total. The van der Waals surface area contributed by atoms with Gasteiger partial charge in [0.15, 0.2) is 0 Å². The first kappa shape index (κ1) is 14.6. The Hall–Kier alpha value is -1.84. The molecule has 2 rings (SSSR count). The topological polar surface area (TPSA) is 49.4 Å².